The van der Waals surface area contributed by atoms with Crippen LogP contribution >= 0.6 is 0 Å². The Morgan fingerprint density at radius 3 is 2.21 bits per heavy atom. The first-order valence-electron chi connectivity index (χ1n) is 11.1. The van der Waals surface area contributed by atoms with E-state index in [0.717, 1.165) is 24.3 Å². The van der Waals surface area contributed by atoms with E-state index < -0.39 is 0 Å². The van der Waals surface area contributed by atoms with Crippen molar-refractivity contribution in [2.45, 2.75) is 13.8 Å². The van der Waals surface area contributed by atoms with Crippen molar-refractivity contribution in [1.29, 1.82) is 0 Å². The lowest BCUT2D eigenvalue weighted by atomic mass is 10.1. The Balaban J connectivity index is 1.84. The number of amides is 1. The maximum atomic E-state index is 12.7. The first-order chi connectivity index (χ1) is 16.1. The van der Waals surface area contributed by atoms with Gasteiger partial charge in [0.2, 0.25) is 5.91 Å². The van der Waals surface area contributed by atoms with E-state index in [4.69, 9.17) is 23.7 Å². The minimum absolute atomic E-state index is 0.292. The highest BCUT2D eigenvalue weighted by Crippen LogP contribution is 2.39. The van der Waals surface area contributed by atoms with E-state index >= 15 is 0 Å². The molecule has 1 saturated heterocycles. The zero-order valence-electron chi connectivity index (χ0n) is 19.7. The molecule has 0 atom stereocenters. The SMILES string of the molecule is CCOc1cc(N2CCOCC2)c(OCC)cc1NC(=O)/C=C/c1cc(OC)cc(OC)c1. The van der Waals surface area contributed by atoms with E-state index in [1.807, 2.05) is 38.1 Å². The Labute approximate surface area is 195 Å². The number of anilines is 2. The quantitative estimate of drug-likeness (QED) is 0.542. The third kappa shape index (κ3) is 6.55. The standard InChI is InChI=1S/C25H32N2O6/c1-5-32-23-17-22(27-9-11-31-12-10-27)24(33-6-2)16-21(23)26-25(28)8-7-18-13-19(29-3)15-20(14-18)30-4/h7-8,13-17H,5-6,9-12H2,1-4H3,(H,26,28)/b8-7+. The average Bonchev–Trinajstić information content (AvgIpc) is 2.84. The van der Waals surface area contributed by atoms with Crippen molar-refractivity contribution in [2.75, 3.05) is 64.0 Å². The summed E-state index contributed by atoms with van der Waals surface area (Å²) in [5.74, 6) is 2.28. The third-order valence-electron chi connectivity index (χ3n) is 5.07. The molecule has 178 valence electrons. The van der Waals surface area contributed by atoms with E-state index in [1.165, 1.54) is 6.08 Å². The van der Waals surface area contributed by atoms with Crippen molar-refractivity contribution in [3.05, 3.63) is 42.0 Å². The summed E-state index contributed by atoms with van der Waals surface area (Å²) >= 11 is 0. The molecule has 0 unspecified atom stereocenters. The Kier molecular flexibility index (Phi) is 8.83. The summed E-state index contributed by atoms with van der Waals surface area (Å²) in [5, 5.41) is 2.92. The number of nitrogens with one attached hydrogen (secondary N) is 1. The fourth-order valence-electron chi connectivity index (χ4n) is 3.52. The van der Waals surface area contributed by atoms with Crippen LogP contribution in [0.3, 0.4) is 0 Å². The maximum absolute atomic E-state index is 12.7. The predicted octanol–water partition coefficient (Wildman–Crippen LogP) is 3.99. The number of carbonyl (C=O) groups is 1. The average molecular weight is 457 g/mol. The van der Waals surface area contributed by atoms with Gasteiger partial charge in [0.25, 0.3) is 0 Å². The lowest BCUT2D eigenvalue weighted by molar-refractivity contribution is -0.111. The van der Waals surface area contributed by atoms with E-state index in [1.54, 1.807) is 26.4 Å². The molecule has 0 bridgehead atoms. The normalized spacial score (nSPS) is 13.6. The van der Waals surface area contributed by atoms with Crippen LogP contribution in [-0.4, -0.2) is 59.6 Å². The molecule has 1 fully saturated rings. The van der Waals surface area contributed by atoms with Gasteiger partial charge in [0.15, 0.2) is 0 Å². The van der Waals surface area contributed by atoms with Crippen molar-refractivity contribution in [2.24, 2.45) is 0 Å². The van der Waals surface area contributed by atoms with Crippen LogP contribution in [-0.2, 0) is 9.53 Å². The topological polar surface area (TPSA) is 78.5 Å². The first-order valence-corrected chi connectivity index (χ1v) is 11.1. The molecule has 2 aromatic rings. The van der Waals surface area contributed by atoms with Crippen LogP contribution in [0.1, 0.15) is 19.4 Å². The monoisotopic (exact) mass is 456 g/mol. The molecule has 33 heavy (non-hydrogen) atoms. The van der Waals surface area contributed by atoms with E-state index in [9.17, 15) is 4.79 Å². The number of rotatable bonds is 10. The summed E-state index contributed by atoms with van der Waals surface area (Å²) in [5.41, 5.74) is 2.26. The van der Waals surface area contributed by atoms with E-state index in [2.05, 4.69) is 10.2 Å². The van der Waals surface area contributed by atoms with Gasteiger partial charge in [-0.2, -0.15) is 0 Å². The molecule has 1 N–H and O–H groups in total. The number of morpholine rings is 1. The van der Waals surface area contributed by atoms with Gasteiger partial charge in [-0.25, -0.2) is 0 Å². The largest absolute Gasteiger partial charge is 0.497 e. The van der Waals surface area contributed by atoms with Crippen molar-refractivity contribution in [3.63, 3.8) is 0 Å². The van der Waals surface area contributed by atoms with Gasteiger partial charge in [-0.15, -0.1) is 0 Å². The molecular formula is C25H32N2O6. The molecule has 0 spiro atoms. The molecule has 1 aliphatic rings. The Morgan fingerprint density at radius 2 is 1.61 bits per heavy atom. The minimum atomic E-state index is -0.292. The number of nitrogens with zero attached hydrogens (tertiary/aromatic N) is 1. The third-order valence-corrected chi connectivity index (χ3v) is 5.07. The molecule has 1 aliphatic heterocycles. The fraction of sp³-hybridized carbons (Fsp3) is 0.400. The molecule has 3 rings (SSSR count). The number of benzene rings is 2. The van der Waals surface area contributed by atoms with Crippen LogP contribution in [0.4, 0.5) is 11.4 Å². The fourth-order valence-corrected chi connectivity index (χ4v) is 3.52. The molecule has 8 nitrogen and oxygen atoms in total. The molecule has 1 amide bonds. The molecule has 0 saturated carbocycles. The summed E-state index contributed by atoms with van der Waals surface area (Å²) in [6.07, 6.45) is 3.16. The van der Waals surface area contributed by atoms with Gasteiger partial charge in [-0.3, -0.25) is 4.79 Å². The number of hydrogen-bond acceptors (Lipinski definition) is 7. The van der Waals surface area contributed by atoms with Gasteiger partial charge >= 0.3 is 0 Å². The Bertz CT molecular complexity index is 947. The number of carbonyl (C=O) groups excluding carboxylic acids is 1. The van der Waals surface area contributed by atoms with Crippen molar-refractivity contribution >= 4 is 23.4 Å². The van der Waals surface area contributed by atoms with Gasteiger partial charge in [0, 0.05) is 37.4 Å². The minimum Gasteiger partial charge on any atom is -0.497 e. The highest BCUT2D eigenvalue weighted by molar-refractivity contribution is 6.03. The number of hydrogen-bond donors (Lipinski definition) is 1. The molecule has 8 heteroatoms. The number of ether oxygens (including phenoxy) is 5. The summed E-state index contributed by atoms with van der Waals surface area (Å²) in [6.45, 7) is 7.68. The zero-order valence-corrected chi connectivity index (χ0v) is 19.7. The van der Waals surface area contributed by atoms with Gasteiger partial charge in [0.1, 0.15) is 23.0 Å². The summed E-state index contributed by atoms with van der Waals surface area (Å²) in [7, 11) is 3.17. The van der Waals surface area contributed by atoms with Gasteiger partial charge in [-0.05, 0) is 37.6 Å². The molecular weight excluding hydrogens is 424 g/mol. The van der Waals surface area contributed by atoms with Crippen LogP contribution in [0.15, 0.2) is 36.4 Å². The van der Waals surface area contributed by atoms with Gasteiger partial charge in [-0.1, -0.05) is 0 Å². The number of methoxy groups -OCH3 is 2. The molecule has 0 aromatic heterocycles. The second kappa shape index (κ2) is 12.0. The molecule has 2 aromatic carbocycles. The second-order valence-electron chi connectivity index (χ2n) is 7.25. The summed E-state index contributed by atoms with van der Waals surface area (Å²) < 4.78 is 27.8. The lowest BCUT2D eigenvalue weighted by Gasteiger charge is -2.31. The summed E-state index contributed by atoms with van der Waals surface area (Å²) in [4.78, 5) is 14.9. The van der Waals surface area contributed by atoms with Crippen molar-refractivity contribution < 1.29 is 28.5 Å². The first kappa shape index (κ1) is 24.3. The molecule has 0 radical (unpaired) electrons. The zero-order chi connectivity index (χ0) is 23.6. The van der Waals surface area contributed by atoms with Crippen molar-refractivity contribution in [1.82, 2.24) is 0 Å². The highest BCUT2D eigenvalue weighted by atomic mass is 16.5. The lowest BCUT2D eigenvalue weighted by Crippen LogP contribution is -2.36. The van der Waals surface area contributed by atoms with Crippen LogP contribution in [0.25, 0.3) is 6.08 Å². The van der Waals surface area contributed by atoms with Crippen molar-refractivity contribution in [3.8, 4) is 23.0 Å². The maximum Gasteiger partial charge on any atom is 0.248 e. The van der Waals surface area contributed by atoms with Crippen LogP contribution in [0.5, 0.6) is 23.0 Å². The Hall–Kier alpha value is -3.39. The van der Waals surface area contributed by atoms with Gasteiger partial charge < -0.3 is 33.9 Å². The molecule has 0 aliphatic carbocycles. The van der Waals surface area contributed by atoms with Crippen LogP contribution in [0, 0.1) is 0 Å². The Morgan fingerprint density at radius 1 is 0.970 bits per heavy atom. The van der Waals surface area contributed by atoms with E-state index in [0.29, 0.717) is 55.1 Å². The second-order valence-corrected chi connectivity index (χ2v) is 7.25. The summed E-state index contributed by atoms with van der Waals surface area (Å²) in [6, 6.07) is 9.16. The van der Waals surface area contributed by atoms with E-state index in [-0.39, 0.29) is 5.91 Å². The smallest absolute Gasteiger partial charge is 0.248 e. The van der Waals surface area contributed by atoms with Gasteiger partial charge in [0.05, 0.1) is 52.0 Å². The predicted molar refractivity (Wildman–Crippen MR) is 129 cm³/mol. The van der Waals surface area contributed by atoms with Crippen LogP contribution in [0.2, 0.25) is 0 Å². The van der Waals surface area contributed by atoms with Crippen LogP contribution < -0.4 is 29.2 Å². The highest BCUT2D eigenvalue weighted by Gasteiger charge is 2.20. The molecule has 1 heterocycles.